The second-order valence-electron chi connectivity index (χ2n) is 5.56. The smallest absolute Gasteiger partial charge is 0.221 e. The average molecular weight is 260 g/mol. The van der Waals surface area contributed by atoms with E-state index in [2.05, 4.69) is 5.32 Å². The fourth-order valence-corrected chi connectivity index (χ4v) is 2.84. The highest BCUT2D eigenvalue weighted by atomic mass is 16.1. The van der Waals surface area contributed by atoms with Gasteiger partial charge in [-0.3, -0.25) is 4.79 Å². The molecule has 1 aliphatic rings. The zero-order valence-corrected chi connectivity index (χ0v) is 11.5. The van der Waals surface area contributed by atoms with E-state index in [1.54, 1.807) is 0 Å². The van der Waals surface area contributed by atoms with Gasteiger partial charge in [-0.2, -0.15) is 0 Å². The molecule has 1 amide bonds. The van der Waals surface area contributed by atoms with Gasteiger partial charge in [-0.25, -0.2) is 0 Å². The molecule has 0 saturated heterocycles. The van der Waals surface area contributed by atoms with E-state index in [-0.39, 0.29) is 5.91 Å². The molecular weight excluding hydrogens is 236 g/mol. The van der Waals surface area contributed by atoms with Crippen molar-refractivity contribution in [2.24, 2.45) is 11.7 Å². The Balaban J connectivity index is 1.71. The minimum absolute atomic E-state index is 0.280. The normalized spacial score (nSPS) is 16.2. The number of anilines is 1. The van der Waals surface area contributed by atoms with Gasteiger partial charge in [0.1, 0.15) is 0 Å². The molecule has 0 heterocycles. The summed E-state index contributed by atoms with van der Waals surface area (Å²) < 4.78 is 0. The Labute approximate surface area is 115 Å². The van der Waals surface area contributed by atoms with Gasteiger partial charge in [-0.15, -0.1) is 0 Å². The second-order valence-corrected chi connectivity index (χ2v) is 5.56. The van der Waals surface area contributed by atoms with Crippen molar-refractivity contribution in [1.29, 1.82) is 0 Å². The molecule has 19 heavy (non-hydrogen) atoms. The minimum Gasteiger partial charge on any atom is -0.385 e. The minimum atomic E-state index is -0.280. The summed E-state index contributed by atoms with van der Waals surface area (Å²) in [6.45, 7) is 1.04. The molecule has 3 nitrogen and oxygen atoms in total. The van der Waals surface area contributed by atoms with Crippen molar-refractivity contribution in [2.75, 3.05) is 11.9 Å². The van der Waals surface area contributed by atoms with Crippen LogP contribution >= 0.6 is 0 Å². The highest BCUT2D eigenvalue weighted by Crippen LogP contribution is 2.26. The number of nitrogens with one attached hydrogen (secondary N) is 1. The van der Waals surface area contributed by atoms with Gasteiger partial charge in [0, 0.05) is 12.2 Å². The van der Waals surface area contributed by atoms with Crippen LogP contribution in [0.1, 0.15) is 44.1 Å². The number of hydrogen-bond acceptors (Lipinski definition) is 2. The molecule has 0 unspecified atom stereocenters. The predicted molar refractivity (Wildman–Crippen MR) is 79.0 cm³/mol. The summed E-state index contributed by atoms with van der Waals surface area (Å²) in [5, 5.41) is 3.46. The molecule has 1 aromatic rings. The lowest BCUT2D eigenvalue weighted by molar-refractivity contribution is -0.117. The Hall–Kier alpha value is -1.51. The SMILES string of the molecule is NC(=O)Cc1ccc(NCCC2CCCCC2)cc1. The lowest BCUT2D eigenvalue weighted by Crippen LogP contribution is -2.14. The van der Waals surface area contributed by atoms with E-state index in [1.165, 1.54) is 38.5 Å². The lowest BCUT2D eigenvalue weighted by Gasteiger charge is -2.21. The Kier molecular flexibility index (Phi) is 5.25. The number of carbonyl (C=O) groups is 1. The number of carbonyl (C=O) groups excluding carboxylic acids is 1. The van der Waals surface area contributed by atoms with Gasteiger partial charge < -0.3 is 11.1 Å². The highest BCUT2D eigenvalue weighted by Gasteiger charge is 2.12. The van der Waals surface area contributed by atoms with Crippen LogP contribution in [-0.2, 0) is 11.2 Å². The topological polar surface area (TPSA) is 55.1 Å². The molecule has 1 aliphatic carbocycles. The van der Waals surface area contributed by atoms with E-state index in [9.17, 15) is 4.79 Å². The van der Waals surface area contributed by atoms with E-state index in [0.717, 1.165) is 23.7 Å². The molecule has 0 aromatic heterocycles. The first kappa shape index (κ1) is 13.9. The maximum absolute atomic E-state index is 10.8. The van der Waals surface area contributed by atoms with Crippen molar-refractivity contribution >= 4 is 11.6 Å². The van der Waals surface area contributed by atoms with E-state index in [0.29, 0.717) is 6.42 Å². The van der Waals surface area contributed by atoms with Crippen molar-refractivity contribution < 1.29 is 4.79 Å². The Morgan fingerprint density at radius 2 is 1.84 bits per heavy atom. The monoisotopic (exact) mass is 260 g/mol. The number of nitrogens with two attached hydrogens (primary N) is 1. The molecule has 104 valence electrons. The summed E-state index contributed by atoms with van der Waals surface area (Å²) >= 11 is 0. The first-order chi connectivity index (χ1) is 9.24. The average Bonchev–Trinajstić information content (AvgIpc) is 2.41. The predicted octanol–water partition coefficient (Wildman–Crippen LogP) is 3.10. The zero-order chi connectivity index (χ0) is 13.5. The first-order valence-electron chi connectivity index (χ1n) is 7.35. The molecule has 0 aliphatic heterocycles. The van der Waals surface area contributed by atoms with Crippen molar-refractivity contribution in [3.63, 3.8) is 0 Å². The zero-order valence-electron chi connectivity index (χ0n) is 11.5. The van der Waals surface area contributed by atoms with Crippen LogP contribution in [-0.4, -0.2) is 12.5 Å². The van der Waals surface area contributed by atoms with E-state index >= 15 is 0 Å². The summed E-state index contributed by atoms with van der Waals surface area (Å²) in [5.74, 6) is 0.633. The maximum Gasteiger partial charge on any atom is 0.221 e. The van der Waals surface area contributed by atoms with Gasteiger partial charge in [0.2, 0.25) is 5.91 Å². The molecule has 1 fully saturated rings. The Morgan fingerprint density at radius 3 is 2.47 bits per heavy atom. The van der Waals surface area contributed by atoms with Gasteiger partial charge in [0.15, 0.2) is 0 Å². The number of benzene rings is 1. The van der Waals surface area contributed by atoms with Gasteiger partial charge in [0.05, 0.1) is 6.42 Å². The fourth-order valence-electron chi connectivity index (χ4n) is 2.84. The maximum atomic E-state index is 10.8. The number of primary amides is 1. The molecule has 0 bridgehead atoms. The number of amides is 1. The molecule has 1 aromatic carbocycles. The van der Waals surface area contributed by atoms with Crippen LogP contribution in [0.3, 0.4) is 0 Å². The van der Waals surface area contributed by atoms with E-state index < -0.39 is 0 Å². The Morgan fingerprint density at radius 1 is 1.16 bits per heavy atom. The van der Waals surface area contributed by atoms with Crippen LogP contribution in [0.2, 0.25) is 0 Å². The van der Waals surface area contributed by atoms with Crippen molar-refractivity contribution in [3.05, 3.63) is 29.8 Å². The molecule has 2 rings (SSSR count). The summed E-state index contributed by atoms with van der Waals surface area (Å²) in [6, 6.07) is 7.99. The van der Waals surface area contributed by atoms with Crippen molar-refractivity contribution in [3.8, 4) is 0 Å². The van der Waals surface area contributed by atoms with Crippen molar-refractivity contribution in [2.45, 2.75) is 44.9 Å². The van der Waals surface area contributed by atoms with E-state index in [4.69, 9.17) is 5.73 Å². The summed E-state index contributed by atoms with van der Waals surface area (Å²) in [5.41, 5.74) is 7.28. The third-order valence-corrected chi connectivity index (χ3v) is 3.94. The lowest BCUT2D eigenvalue weighted by atomic mass is 9.87. The van der Waals surface area contributed by atoms with E-state index in [1.807, 2.05) is 24.3 Å². The fraction of sp³-hybridized carbons (Fsp3) is 0.562. The molecule has 0 spiro atoms. The highest BCUT2D eigenvalue weighted by molar-refractivity contribution is 5.76. The third kappa shape index (κ3) is 4.93. The summed E-state index contributed by atoms with van der Waals surface area (Å²) in [7, 11) is 0. The van der Waals surface area contributed by atoms with Gasteiger partial charge in [0.25, 0.3) is 0 Å². The molecule has 0 atom stereocenters. The molecule has 0 radical (unpaired) electrons. The largest absolute Gasteiger partial charge is 0.385 e. The molecular formula is C16H24N2O. The van der Waals surface area contributed by atoms with Crippen LogP contribution in [0.4, 0.5) is 5.69 Å². The van der Waals surface area contributed by atoms with Gasteiger partial charge >= 0.3 is 0 Å². The first-order valence-corrected chi connectivity index (χ1v) is 7.35. The van der Waals surface area contributed by atoms with Crippen LogP contribution in [0, 0.1) is 5.92 Å². The van der Waals surface area contributed by atoms with Crippen molar-refractivity contribution in [1.82, 2.24) is 0 Å². The third-order valence-electron chi connectivity index (χ3n) is 3.94. The number of hydrogen-bond donors (Lipinski definition) is 2. The van der Waals surface area contributed by atoms with Crippen LogP contribution in [0.15, 0.2) is 24.3 Å². The Bertz CT molecular complexity index is 394. The quantitative estimate of drug-likeness (QED) is 0.825. The molecule has 3 N–H and O–H groups in total. The van der Waals surface area contributed by atoms with Gasteiger partial charge in [-0.1, -0.05) is 44.2 Å². The second kappa shape index (κ2) is 7.17. The summed E-state index contributed by atoms with van der Waals surface area (Å²) in [6.07, 6.45) is 8.63. The number of rotatable bonds is 6. The molecule has 1 saturated carbocycles. The standard InChI is InChI=1S/C16H24N2O/c17-16(19)12-14-6-8-15(9-7-14)18-11-10-13-4-2-1-3-5-13/h6-9,13,18H,1-5,10-12H2,(H2,17,19). The van der Waals surface area contributed by atoms with Crippen LogP contribution in [0.5, 0.6) is 0 Å². The van der Waals surface area contributed by atoms with Crippen LogP contribution in [0.25, 0.3) is 0 Å². The van der Waals surface area contributed by atoms with Crippen LogP contribution < -0.4 is 11.1 Å². The molecule has 3 heteroatoms. The van der Waals surface area contributed by atoms with Gasteiger partial charge in [-0.05, 0) is 30.0 Å². The summed E-state index contributed by atoms with van der Waals surface area (Å²) in [4.78, 5) is 10.8.